The van der Waals surface area contributed by atoms with Gasteiger partial charge in [0.1, 0.15) is 11.5 Å². The van der Waals surface area contributed by atoms with E-state index in [1.54, 1.807) is 4.90 Å². The van der Waals surface area contributed by atoms with Crippen molar-refractivity contribution in [2.45, 2.75) is 115 Å². The van der Waals surface area contributed by atoms with Crippen LogP contribution < -0.4 is 4.74 Å². The van der Waals surface area contributed by atoms with Gasteiger partial charge in [-0.1, -0.05) is 26.0 Å². The van der Waals surface area contributed by atoms with E-state index in [0.717, 1.165) is 63.7 Å². The minimum Gasteiger partial charge on any atom is -0.508 e. The number of hydrogen-bond donors (Lipinski definition) is 3. The highest BCUT2D eigenvalue weighted by Crippen LogP contribution is 2.62. The molecule has 3 N–H and O–H groups in total. The van der Waals surface area contributed by atoms with Crippen LogP contribution in [0.3, 0.4) is 0 Å². The number of aliphatic hydroxyl groups is 2. The van der Waals surface area contributed by atoms with Crippen LogP contribution in [-0.4, -0.2) is 63.4 Å². The number of fused-ring (bicyclic) bond motifs is 10. The first kappa shape index (κ1) is 35.4. The summed E-state index contributed by atoms with van der Waals surface area (Å²) in [5, 5.41) is 30.6. The van der Waals surface area contributed by atoms with Crippen molar-refractivity contribution in [3.05, 3.63) is 58.7 Å². The molecule has 0 unspecified atom stereocenters. The summed E-state index contributed by atoms with van der Waals surface area (Å²) in [6.07, 6.45) is 12.8. The Balaban J connectivity index is 0.000000165. The Morgan fingerprint density at radius 2 is 1.27 bits per heavy atom. The van der Waals surface area contributed by atoms with Crippen LogP contribution in [0.5, 0.6) is 11.5 Å². The Hall–Kier alpha value is -1.99. The second-order valence-corrected chi connectivity index (χ2v) is 17.3. The fraction of sp³-hybridized carbons (Fsp3) is 0.683. The molecule has 8 rings (SSSR count). The van der Waals surface area contributed by atoms with Gasteiger partial charge >= 0.3 is 6.09 Å². The molecule has 8 heteroatoms. The van der Waals surface area contributed by atoms with E-state index in [-0.39, 0.29) is 23.0 Å². The van der Waals surface area contributed by atoms with Gasteiger partial charge in [-0.2, -0.15) is 0 Å². The largest absolute Gasteiger partial charge is 0.508 e. The van der Waals surface area contributed by atoms with E-state index >= 15 is 0 Å². The molecule has 6 aliphatic carbocycles. The maximum Gasteiger partial charge on any atom is 0.415 e. The van der Waals surface area contributed by atoms with Crippen LogP contribution >= 0.6 is 23.2 Å². The van der Waals surface area contributed by atoms with Gasteiger partial charge < -0.3 is 25.0 Å². The lowest BCUT2D eigenvalue weighted by atomic mass is 9.55. The quantitative estimate of drug-likeness (QED) is 0.270. The Kier molecular flexibility index (Phi) is 10.3. The Morgan fingerprint density at radius 1 is 0.755 bits per heavy atom. The molecule has 2 aromatic carbocycles. The first-order valence-corrected chi connectivity index (χ1v) is 20.0. The first-order valence-electron chi connectivity index (χ1n) is 19.0. The number of ether oxygens (including phenoxy) is 1. The van der Waals surface area contributed by atoms with Crippen molar-refractivity contribution in [1.29, 1.82) is 0 Å². The third kappa shape index (κ3) is 6.40. The van der Waals surface area contributed by atoms with Gasteiger partial charge in [-0.25, -0.2) is 4.79 Å². The van der Waals surface area contributed by atoms with Gasteiger partial charge in [-0.15, -0.1) is 23.2 Å². The van der Waals surface area contributed by atoms with Gasteiger partial charge in [-0.05, 0) is 170 Å². The molecule has 0 heterocycles. The molecule has 0 bridgehead atoms. The molecule has 0 aromatic heterocycles. The zero-order valence-electron chi connectivity index (χ0n) is 29.3. The van der Waals surface area contributed by atoms with Gasteiger partial charge in [0.05, 0.1) is 12.2 Å². The first-order chi connectivity index (χ1) is 23.6. The van der Waals surface area contributed by atoms with Gasteiger partial charge in [-0.3, -0.25) is 0 Å². The van der Waals surface area contributed by atoms with E-state index in [1.807, 2.05) is 24.3 Å². The predicted molar refractivity (Wildman–Crippen MR) is 195 cm³/mol. The zero-order chi connectivity index (χ0) is 34.5. The summed E-state index contributed by atoms with van der Waals surface area (Å²) in [5.41, 5.74) is 5.82. The van der Waals surface area contributed by atoms with Crippen LogP contribution in [0.1, 0.15) is 112 Å². The number of alkyl halides is 2. The molecule has 0 aliphatic heterocycles. The predicted octanol–water partition coefficient (Wildman–Crippen LogP) is 8.79. The third-order valence-electron chi connectivity index (χ3n) is 14.5. The number of hydrogen-bond acceptors (Lipinski definition) is 5. The lowest BCUT2D eigenvalue weighted by Gasteiger charge is -2.50. The van der Waals surface area contributed by atoms with Crippen LogP contribution in [0, 0.1) is 34.5 Å². The molecule has 10 atom stereocenters. The van der Waals surface area contributed by atoms with E-state index in [0.29, 0.717) is 65.9 Å². The molecule has 2 aromatic rings. The number of carbonyl (C=O) groups excluding carboxylic acids is 1. The number of halogens is 2. The van der Waals surface area contributed by atoms with Crippen LogP contribution in [0.15, 0.2) is 36.4 Å². The van der Waals surface area contributed by atoms with Gasteiger partial charge in [0.2, 0.25) is 0 Å². The fourth-order valence-corrected chi connectivity index (χ4v) is 12.2. The Bertz CT molecular complexity index is 1510. The summed E-state index contributed by atoms with van der Waals surface area (Å²) < 4.78 is 5.62. The molecule has 4 saturated carbocycles. The second kappa shape index (κ2) is 14.2. The number of rotatable bonds is 5. The number of nitrogens with zero attached hydrogens (tertiary/aromatic N) is 1. The molecule has 6 nitrogen and oxygen atoms in total. The van der Waals surface area contributed by atoms with Crippen LogP contribution in [0.25, 0.3) is 0 Å². The highest BCUT2D eigenvalue weighted by atomic mass is 35.5. The van der Waals surface area contributed by atoms with Crippen LogP contribution in [0.2, 0.25) is 0 Å². The lowest BCUT2D eigenvalue weighted by Crippen LogP contribution is -2.43. The summed E-state index contributed by atoms with van der Waals surface area (Å²) in [6, 6.07) is 12.1. The average molecular weight is 713 g/mol. The van der Waals surface area contributed by atoms with Crippen molar-refractivity contribution in [2.24, 2.45) is 34.5 Å². The number of aromatic hydroxyl groups is 1. The smallest absolute Gasteiger partial charge is 0.415 e. The lowest BCUT2D eigenvalue weighted by molar-refractivity contribution is -0.0226. The number of amides is 1. The van der Waals surface area contributed by atoms with Crippen molar-refractivity contribution in [3.8, 4) is 11.5 Å². The number of carbonyl (C=O) groups is 1. The summed E-state index contributed by atoms with van der Waals surface area (Å²) in [5.74, 6) is 5.65. The minimum atomic E-state index is -0.395. The summed E-state index contributed by atoms with van der Waals surface area (Å²) in [6.45, 7) is 5.47. The number of aliphatic hydroxyl groups excluding tert-OH is 2. The normalized spacial score (nSPS) is 36.9. The molecule has 268 valence electrons. The van der Waals surface area contributed by atoms with Gasteiger partial charge in [0, 0.05) is 24.8 Å². The van der Waals surface area contributed by atoms with E-state index in [4.69, 9.17) is 27.9 Å². The second-order valence-electron chi connectivity index (χ2n) is 16.6. The molecule has 1 amide bonds. The number of phenolic OH excluding ortho intramolecular Hbond substituents is 1. The van der Waals surface area contributed by atoms with E-state index in [9.17, 15) is 20.1 Å². The van der Waals surface area contributed by atoms with Crippen molar-refractivity contribution in [2.75, 3.05) is 24.8 Å². The molecule has 49 heavy (non-hydrogen) atoms. The highest BCUT2D eigenvalue weighted by molar-refractivity contribution is 6.18. The zero-order valence-corrected chi connectivity index (χ0v) is 30.8. The maximum absolute atomic E-state index is 12.4. The molecule has 0 saturated heterocycles. The number of benzene rings is 2. The van der Waals surface area contributed by atoms with Crippen molar-refractivity contribution < 1.29 is 24.9 Å². The summed E-state index contributed by atoms with van der Waals surface area (Å²) >= 11 is 11.6. The molecular formula is C41H55Cl2NO5. The highest BCUT2D eigenvalue weighted by Gasteiger charge is 2.55. The van der Waals surface area contributed by atoms with E-state index < -0.39 is 6.09 Å². The van der Waals surface area contributed by atoms with E-state index in [2.05, 4.69) is 26.0 Å². The molecule has 0 radical (unpaired) electrons. The van der Waals surface area contributed by atoms with E-state index in [1.165, 1.54) is 41.5 Å². The molecular weight excluding hydrogens is 657 g/mol. The van der Waals surface area contributed by atoms with Crippen molar-refractivity contribution in [1.82, 2.24) is 4.90 Å². The minimum absolute atomic E-state index is 0.0883. The maximum atomic E-state index is 12.4. The molecule has 4 fully saturated rings. The average Bonchev–Trinajstić information content (AvgIpc) is 3.58. The summed E-state index contributed by atoms with van der Waals surface area (Å²) in [7, 11) is 0. The monoisotopic (exact) mass is 711 g/mol. The topological polar surface area (TPSA) is 90.2 Å². The SMILES string of the molecule is C[C@]12CC[C@@H]3c4ccc(O)cc4CC[C@H]3[C@@H]1CC[C@@H]2O.C[C@]12CC[C@@H]3c4ccc(OC(=O)N(CCCl)CCCl)cc4CC[C@H]3[C@@H]1CC[C@@H]2O. The number of aryl methyl sites for hydroxylation is 2. The van der Waals surface area contributed by atoms with Crippen LogP contribution in [-0.2, 0) is 12.8 Å². The third-order valence-corrected chi connectivity index (χ3v) is 14.8. The molecule has 6 aliphatic rings. The Labute approximate surface area is 302 Å². The van der Waals surface area contributed by atoms with Crippen molar-refractivity contribution in [3.63, 3.8) is 0 Å². The standard InChI is InChI=1S/C23H31Cl2NO3.C18H24O2/c1-23-9-8-18-17-5-3-16(29-22(28)26(12-10-24)13-11-25)14-15(17)2-4-19(18)20(23)6-7-21(23)27;1-18-9-8-14-13-5-3-12(19)10-11(13)2-4-15(14)16(18)6-7-17(18)20/h3,5,14,18-21,27H,2,4,6-13H2,1H3;3,5,10,14-17,19-20H,2,4,6-9H2,1H3/t18-,19-,20+,21+,23+;14-,15-,16+,17+,18+/m11/s1. The number of phenols is 1. The van der Waals surface area contributed by atoms with Crippen LogP contribution in [0.4, 0.5) is 4.79 Å². The van der Waals surface area contributed by atoms with Gasteiger partial charge in [0.15, 0.2) is 0 Å². The summed E-state index contributed by atoms with van der Waals surface area (Å²) in [4.78, 5) is 14.0. The Morgan fingerprint density at radius 3 is 1.80 bits per heavy atom. The van der Waals surface area contributed by atoms with Crippen molar-refractivity contribution >= 4 is 29.3 Å². The van der Waals surface area contributed by atoms with Gasteiger partial charge in [0.25, 0.3) is 0 Å². The fourth-order valence-electron chi connectivity index (χ4n) is 11.8. The molecule has 0 spiro atoms.